The third-order valence-electron chi connectivity index (χ3n) is 6.03. The van der Waals surface area contributed by atoms with E-state index >= 15 is 0 Å². The third kappa shape index (κ3) is 4.55. The number of benzene rings is 2. The van der Waals surface area contributed by atoms with Crippen molar-refractivity contribution >= 4 is 11.5 Å². The number of carbonyl (C=O) groups is 1. The van der Waals surface area contributed by atoms with Gasteiger partial charge in [0.05, 0.1) is 25.9 Å². The van der Waals surface area contributed by atoms with Crippen LogP contribution in [0.3, 0.4) is 0 Å². The number of methoxy groups -OCH3 is 2. The summed E-state index contributed by atoms with van der Waals surface area (Å²) < 4.78 is 17.3. The van der Waals surface area contributed by atoms with Crippen LogP contribution in [0.4, 0.5) is 0 Å². The Morgan fingerprint density at radius 3 is 2.45 bits per heavy atom. The quantitative estimate of drug-likeness (QED) is 0.515. The van der Waals surface area contributed by atoms with E-state index in [2.05, 4.69) is 25.2 Å². The van der Waals surface area contributed by atoms with Gasteiger partial charge in [-0.1, -0.05) is 12.1 Å². The number of carbonyl (C=O) groups excluding carboxylic acids is 1. The van der Waals surface area contributed by atoms with Gasteiger partial charge in [-0.25, -0.2) is 0 Å². The van der Waals surface area contributed by atoms with Crippen LogP contribution in [0, 0.1) is 0 Å². The number of nitrogens with one attached hydrogen (secondary N) is 1. The second kappa shape index (κ2) is 8.66. The zero-order chi connectivity index (χ0) is 22.0. The lowest BCUT2D eigenvalue weighted by atomic mass is 9.85. The lowest BCUT2D eigenvalue weighted by molar-refractivity contribution is 0.104. The van der Waals surface area contributed by atoms with Crippen molar-refractivity contribution in [2.24, 2.45) is 0 Å². The number of para-hydroxylation sites is 1. The smallest absolute Gasteiger partial charge is 0.191 e. The van der Waals surface area contributed by atoms with E-state index in [0.29, 0.717) is 17.1 Å². The van der Waals surface area contributed by atoms with E-state index in [-0.39, 0.29) is 17.4 Å². The summed E-state index contributed by atoms with van der Waals surface area (Å²) in [4.78, 5) is 13.1. The highest BCUT2D eigenvalue weighted by atomic mass is 16.5. The molecule has 31 heavy (non-hydrogen) atoms. The molecular weight excluding hydrogens is 390 g/mol. The highest BCUT2D eigenvalue weighted by Gasteiger charge is 2.30. The summed E-state index contributed by atoms with van der Waals surface area (Å²) in [5.41, 5.74) is 3.25. The van der Waals surface area contributed by atoms with Crippen molar-refractivity contribution < 1.29 is 19.0 Å². The SMILES string of the molecule is COc1cc2c(cc1OC1CCCC1)CC(C)(C)NC2=CC(=O)c1ccccc1OC. The zero-order valence-electron chi connectivity index (χ0n) is 18.8. The predicted molar refractivity (Wildman–Crippen MR) is 122 cm³/mol. The van der Waals surface area contributed by atoms with Gasteiger partial charge in [-0.15, -0.1) is 0 Å². The molecule has 4 rings (SSSR count). The number of ketones is 1. The maximum Gasteiger partial charge on any atom is 0.191 e. The van der Waals surface area contributed by atoms with Crippen molar-refractivity contribution in [1.82, 2.24) is 5.32 Å². The molecule has 2 aromatic carbocycles. The van der Waals surface area contributed by atoms with E-state index in [0.717, 1.165) is 41.8 Å². The van der Waals surface area contributed by atoms with Crippen molar-refractivity contribution in [2.75, 3.05) is 14.2 Å². The molecule has 1 saturated carbocycles. The molecule has 0 bridgehead atoms. The average Bonchev–Trinajstić information content (AvgIpc) is 3.25. The van der Waals surface area contributed by atoms with Crippen molar-refractivity contribution in [3.63, 3.8) is 0 Å². The topological polar surface area (TPSA) is 56.8 Å². The van der Waals surface area contributed by atoms with Gasteiger partial charge in [-0.3, -0.25) is 4.79 Å². The molecule has 0 spiro atoms. The number of hydrogen-bond acceptors (Lipinski definition) is 5. The molecule has 0 saturated heterocycles. The molecule has 5 heteroatoms. The van der Waals surface area contributed by atoms with Crippen LogP contribution in [0.25, 0.3) is 5.70 Å². The second-order valence-electron chi connectivity index (χ2n) is 8.99. The molecule has 1 heterocycles. The Morgan fingerprint density at radius 1 is 1.03 bits per heavy atom. The average molecular weight is 422 g/mol. The Hall–Kier alpha value is -2.95. The first-order valence-corrected chi connectivity index (χ1v) is 11.0. The minimum absolute atomic E-state index is 0.103. The first kappa shape index (κ1) is 21.3. The molecule has 1 fully saturated rings. The van der Waals surface area contributed by atoms with Crippen LogP contribution in [0.2, 0.25) is 0 Å². The fourth-order valence-electron chi connectivity index (χ4n) is 4.56. The van der Waals surface area contributed by atoms with Gasteiger partial charge in [0.15, 0.2) is 17.3 Å². The molecule has 1 aliphatic carbocycles. The van der Waals surface area contributed by atoms with Gasteiger partial charge >= 0.3 is 0 Å². The molecule has 164 valence electrons. The first-order chi connectivity index (χ1) is 14.9. The van der Waals surface area contributed by atoms with Gasteiger partial charge < -0.3 is 19.5 Å². The van der Waals surface area contributed by atoms with Crippen LogP contribution in [0.5, 0.6) is 17.2 Å². The number of hydrogen-bond donors (Lipinski definition) is 1. The Morgan fingerprint density at radius 2 is 1.74 bits per heavy atom. The van der Waals surface area contributed by atoms with Gasteiger partial charge in [0.1, 0.15) is 5.75 Å². The van der Waals surface area contributed by atoms with E-state index < -0.39 is 0 Å². The maximum atomic E-state index is 13.1. The summed E-state index contributed by atoms with van der Waals surface area (Å²) in [5.74, 6) is 1.95. The minimum atomic E-state index is -0.195. The van der Waals surface area contributed by atoms with E-state index in [1.165, 1.54) is 12.8 Å². The molecule has 5 nitrogen and oxygen atoms in total. The Bertz CT molecular complexity index is 1000. The van der Waals surface area contributed by atoms with E-state index in [4.69, 9.17) is 14.2 Å². The van der Waals surface area contributed by atoms with E-state index in [1.807, 2.05) is 18.2 Å². The van der Waals surface area contributed by atoms with Crippen LogP contribution in [0.15, 0.2) is 42.5 Å². The molecule has 0 unspecified atom stereocenters. The predicted octanol–water partition coefficient (Wildman–Crippen LogP) is 5.17. The van der Waals surface area contributed by atoms with Gasteiger partial charge in [-0.2, -0.15) is 0 Å². The van der Waals surface area contributed by atoms with Crippen molar-refractivity contribution in [3.05, 3.63) is 59.2 Å². The molecular formula is C26H31NO4. The van der Waals surface area contributed by atoms with Crippen LogP contribution < -0.4 is 19.5 Å². The van der Waals surface area contributed by atoms with Crippen LogP contribution in [0.1, 0.15) is 61.0 Å². The molecule has 0 atom stereocenters. The summed E-state index contributed by atoms with van der Waals surface area (Å²) in [6.07, 6.45) is 7.35. The monoisotopic (exact) mass is 421 g/mol. The number of rotatable bonds is 6. The van der Waals surface area contributed by atoms with Crippen molar-refractivity contribution in [1.29, 1.82) is 0 Å². The highest BCUT2D eigenvalue weighted by Crippen LogP contribution is 2.40. The minimum Gasteiger partial charge on any atom is -0.496 e. The molecule has 2 aromatic rings. The Labute approximate surface area is 184 Å². The lowest BCUT2D eigenvalue weighted by Crippen LogP contribution is -2.43. The molecule has 0 amide bonds. The van der Waals surface area contributed by atoms with Gasteiger partial charge in [-0.05, 0) is 75.8 Å². The summed E-state index contributed by atoms with van der Waals surface area (Å²) in [7, 11) is 3.24. The highest BCUT2D eigenvalue weighted by molar-refractivity contribution is 6.10. The largest absolute Gasteiger partial charge is 0.496 e. The summed E-state index contributed by atoms with van der Waals surface area (Å²) >= 11 is 0. The normalized spacial score (nSPS) is 18.9. The number of allylic oxidation sites excluding steroid dienone is 1. The Kier molecular flexibility index (Phi) is 5.94. The molecule has 1 N–H and O–H groups in total. The van der Waals surface area contributed by atoms with Gasteiger partial charge in [0.2, 0.25) is 0 Å². The van der Waals surface area contributed by atoms with Crippen LogP contribution in [-0.2, 0) is 6.42 Å². The summed E-state index contributed by atoms with van der Waals surface area (Å²) in [5, 5.41) is 3.53. The third-order valence-corrected chi connectivity index (χ3v) is 6.03. The van der Waals surface area contributed by atoms with Crippen LogP contribution in [-0.4, -0.2) is 31.6 Å². The standard InChI is InChI=1S/C26H31NO4/c1-26(2)16-17-13-25(31-18-9-5-6-10-18)24(30-4)14-20(17)21(27-26)15-22(28)19-11-7-8-12-23(19)29-3/h7-8,11-15,18,27H,5-6,9-10,16H2,1-4H3. The molecule has 1 aliphatic heterocycles. The molecule has 0 aromatic heterocycles. The van der Waals surface area contributed by atoms with Crippen molar-refractivity contribution in [2.45, 2.75) is 57.6 Å². The van der Waals surface area contributed by atoms with Gasteiger partial charge in [0.25, 0.3) is 0 Å². The van der Waals surface area contributed by atoms with E-state index in [9.17, 15) is 4.79 Å². The number of ether oxygens (including phenoxy) is 3. The fourth-order valence-corrected chi connectivity index (χ4v) is 4.56. The lowest BCUT2D eigenvalue weighted by Gasteiger charge is -2.36. The number of fused-ring (bicyclic) bond motifs is 1. The summed E-state index contributed by atoms with van der Waals surface area (Å²) in [6, 6.07) is 11.4. The fraction of sp³-hybridized carbons (Fsp3) is 0.423. The van der Waals surface area contributed by atoms with Crippen molar-refractivity contribution in [3.8, 4) is 17.2 Å². The first-order valence-electron chi connectivity index (χ1n) is 11.0. The zero-order valence-corrected chi connectivity index (χ0v) is 18.8. The molecule has 2 aliphatic rings. The molecule has 0 radical (unpaired) electrons. The van der Waals surface area contributed by atoms with Gasteiger partial charge in [0, 0.05) is 22.9 Å². The second-order valence-corrected chi connectivity index (χ2v) is 8.99. The Balaban J connectivity index is 1.74. The maximum absolute atomic E-state index is 13.1. The summed E-state index contributed by atoms with van der Waals surface area (Å²) in [6.45, 7) is 4.28. The van der Waals surface area contributed by atoms with Crippen LogP contribution >= 0.6 is 0 Å². The van der Waals surface area contributed by atoms with E-state index in [1.54, 1.807) is 32.4 Å².